The predicted octanol–water partition coefficient (Wildman–Crippen LogP) is 3.21. The maximum atomic E-state index is 8.81. The highest BCUT2D eigenvalue weighted by molar-refractivity contribution is 5.98. The summed E-state index contributed by atoms with van der Waals surface area (Å²) in [5.41, 5.74) is 1.40. The van der Waals surface area contributed by atoms with Crippen LogP contribution in [-0.2, 0) is 0 Å². The third-order valence-electron chi connectivity index (χ3n) is 3.33. The molecule has 4 nitrogen and oxygen atoms in total. The molecule has 1 saturated carbocycles. The van der Waals surface area contributed by atoms with Crippen molar-refractivity contribution in [3.63, 3.8) is 0 Å². The number of hydrogen-bond acceptors (Lipinski definition) is 4. The van der Waals surface area contributed by atoms with Crippen molar-refractivity contribution in [1.82, 2.24) is 0 Å². The van der Waals surface area contributed by atoms with Gasteiger partial charge in [-0.15, -0.1) is 0 Å². The van der Waals surface area contributed by atoms with Crippen LogP contribution in [0, 0.1) is 0 Å². The van der Waals surface area contributed by atoms with E-state index in [4.69, 9.17) is 14.7 Å². The van der Waals surface area contributed by atoms with Crippen molar-refractivity contribution in [2.45, 2.75) is 38.7 Å². The molecule has 1 aliphatic rings. The van der Waals surface area contributed by atoms with Crippen LogP contribution in [0.1, 0.15) is 38.2 Å². The molecular formula is C14H19NO3. The molecule has 1 aromatic carbocycles. The Labute approximate surface area is 107 Å². The zero-order valence-electron chi connectivity index (χ0n) is 10.8. The third kappa shape index (κ3) is 2.75. The van der Waals surface area contributed by atoms with Gasteiger partial charge in [0.2, 0.25) is 0 Å². The lowest BCUT2D eigenvalue weighted by Crippen LogP contribution is -2.12. The van der Waals surface area contributed by atoms with E-state index in [0.29, 0.717) is 5.71 Å². The number of ether oxygens (including phenoxy) is 2. The molecule has 1 aromatic rings. The highest BCUT2D eigenvalue weighted by Gasteiger charge is 2.18. The van der Waals surface area contributed by atoms with Crippen molar-refractivity contribution >= 4 is 5.71 Å². The molecule has 18 heavy (non-hydrogen) atoms. The number of rotatable bonds is 4. The van der Waals surface area contributed by atoms with E-state index in [1.165, 1.54) is 12.8 Å². The molecule has 4 heteroatoms. The molecule has 0 saturated heterocycles. The molecule has 0 aromatic heterocycles. The van der Waals surface area contributed by atoms with Gasteiger partial charge in [-0.25, -0.2) is 0 Å². The Morgan fingerprint density at radius 2 is 2.00 bits per heavy atom. The van der Waals surface area contributed by atoms with Crippen molar-refractivity contribution in [2.75, 3.05) is 7.11 Å². The lowest BCUT2D eigenvalue weighted by atomic mass is 10.1. The fraction of sp³-hybridized carbons (Fsp3) is 0.500. The van der Waals surface area contributed by atoms with Crippen molar-refractivity contribution in [3.05, 3.63) is 23.8 Å². The standard InChI is InChI=1S/C14H19NO3/c1-10(15-16)11-7-8-13(17-2)14(9-11)18-12-5-3-4-6-12/h7-9,12,16H,3-6H2,1-2H3. The zero-order chi connectivity index (χ0) is 13.0. The van der Waals surface area contributed by atoms with Crippen LogP contribution in [0.4, 0.5) is 0 Å². The number of methoxy groups -OCH3 is 1. The monoisotopic (exact) mass is 249 g/mol. The van der Waals surface area contributed by atoms with Gasteiger partial charge in [-0.2, -0.15) is 0 Å². The number of oxime groups is 1. The van der Waals surface area contributed by atoms with Gasteiger partial charge >= 0.3 is 0 Å². The lowest BCUT2D eigenvalue weighted by Gasteiger charge is -2.16. The van der Waals surface area contributed by atoms with Gasteiger partial charge in [-0.05, 0) is 50.8 Å². The molecule has 0 spiro atoms. The highest BCUT2D eigenvalue weighted by atomic mass is 16.5. The fourth-order valence-electron chi connectivity index (χ4n) is 2.24. The summed E-state index contributed by atoms with van der Waals surface area (Å²) in [6, 6.07) is 5.57. The summed E-state index contributed by atoms with van der Waals surface area (Å²) in [7, 11) is 1.63. The van der Waals surface area contributed by atoms with Crippen molar-refractivity contribution < 1.29 is 14.7 Å². The van der Waals surface area contributed by atoms with Crippen LogP contribution in [0.15, 0.2) is 23.4 Å². The Bertz CT molecular complexity index is 437. The Hall–Kier alpha value is -1.71. The average molecular weight is 249 g/mol. The summed E-state index contributed by atoms with van der Waals surface area (Å²) in [5.74, 6) is 1.45. The van der Waals surface area contributed by atoms with Crippen LogP contribution in [-0.4, -0.2) is 24.1 Å². The summed E-state index contributed by atoms with van der Waals surface area (Å²) >= 11 is 0. The molecule has 0 atom stereocenters. The molecular weight excluding hydrogens is 230 g/mol. The molecule has 1 aliphatic carbocycles. The van der Waals surface area contributed by atoms with E-state index in [0.717, 1.165) is 29.9 Å². The smallest absolute Gasteiger partial charge is 0.162 e. The summed E-state index contributed by atoms with van der Waals surface area (Å²) in [5, 5.41) is 12.0. The summed E-state index contributed by atoms with van der Waals surface area (Å²) in [4.78, 5) is 0. The predicted molar refractivity (Wildman–Crippen MR) is 69.9 cm³/mol. The van der Waals surface area contributed by atoms with E-state index >= 15 is 0 Å². The van der Waals surface area contributed by atoms with E-state index in [2.05, 4.69) is 5.16 Å². The van der Waals surface area contributed by atoms with Gasteiger partial charge in [-0.3, -0.25) is 0 Å². The van der Waals surface area contributed by atoms with Gasteiger partial charge in [-0.1, -0.05) is 5.16 Å². The van der Waals surface area contributed by atoms with Gasteiger partial charge in [0, 0.05) is 5.56 Å². The number of nitrogens with zero attached hydrogens (tertiary/aromatic N) is 1. The molecule has 0 aliphatic heterocycles. The first-order chi connectivity index (χ1) is 8.74. The average Bonchev–Trinajstić information content (AvgIpc) is 2.90. The Morgan fingerprint density at radius 1 is 1.28 bits per heavy atom. The summed E-state index contributed by atoms with van der Waals surface area (Å²) in [6.45, 7) is 1.75. The second-order valence-electron chi connectivity index (χ2n) is 4.58. The maximum Gasteiger partial charge on any atom is 0.162 e. The molecule has 1 N–H and O–H groups in total. The van der Waals surface area contributed by atoms with Gasteiger partial charge < -0.3 is 14.7 Å². The molecule has 0 heterocycles. The normalized spacial score (nSPS) is 16.9. The van der Waals surface area contributed by atoms with Gasteiger partial charge in [0.05, 0.1) is 18.9 Å². The first-order valence-electron chi connectivity index (χ1n) is 6.28. The second-order valence-corrected chi connectivity index (χ2v) is 4.58. The van der Waals surface area contributed by atoms with Crippen molar-refractivity contribution in [1.29, 1.82) is 0 Å². The van der Waals surface area contributed by atoms with E-state index in [9.17, 15) is 0 Å². The first-order valence-corrected chi connectivity index (χ1v) is 6.28. The van der Waals surface area contributed by atoms with Gasteiger partial charge in [0.25, 0.3) is 0 Å². The Kier molecular flexibility index (Phi) is 4.07. The van der Waals surface area contributed by atoms with Gasteiger partial charge in [0.15, 0.2) is 11.5 Å². The number of benzene rings is 1. The first kappa shape index (κ1) is 12.7. The molecule has 1 fully saturated rings. The van der Waals surface area contributed by atoms with E-state index < -0.39 is 0 Å². The molecule has 98 valence electrons. The molecule has 2 rings (SSSR count). The maximum absolute atomic E-state index is 8.81. The lowest BCUT2D eigenvalue weighted by molar-refractivity contribution is 0.201. The molecule has 0 amide bonds. The number of hydrogen-bond donors (Lipinski definition) is 1. The Balaban J connectivity index is 2.24. The highest BCUT2D eigenvalue weighted by Crippen LogP contribution is 2.32. The van der Waals surface area contributed by atoms with Crippen molar-refractivity contribution in [2.24, 2.45) is 5.16 Å². The fourth-order valence-corrected chi connectivity index (χ4v) is 2.24. The van der Waals surface area contributed by atoms with Crippen LogP contribution < -0.4 is 9.47 Å². The SMILES string of the molecule is COc1ccc(C(C)=NO)cc1OC1CCCC1. The quantitative estimate of drug-likeness (QED) is 0.506. The molecule has 0 unspecified atom stereocenters. The van der Waals surface area contributed by atoms with Crippen LogP contribution in [0.25, 0.3) is 0 Å². The Morgan fingerprint density at radius 3 is 2.61 bits per heavy atom. The van der Waals surface area contributed by atoms with Gasteiger partial charge in [0.1, 0.15) is 0 Å². The van der Waals surface area contributed by atoms with Crippen molar-refractivity contribution in [3.8, 4) is 11.5 Å². The minimum absolute atomic E-state index is 0.278. The summed E-state index contributed by atoms with van der Waals surface area (Å²) in [6.07, 6.45) is 4.93. The minimum Gasteiger partial charge on any atom is -0.493 e. The molecule has 0 bridgehead atoms. The van der Waals surface area contributed by atoms with Crippen LogP contribution in [0.5, 0.6) is 11.5 Å². The summed E-state index contributed by atoms with van der Waals surface area (Å²) < 4.78 is 11.3. The topological polar surface area (TPSA) is 51.0 Å². The van der Waals surface area contributed by atoms with E-state index in [1.54, 1.807) is 14.0 Å². The largest absolute Gasteiger partial charge is 0.493 e. The third-order valence-corrected chi connectivity index (χ3v) is 3.33. The van der Waals surface area contributed by atoms with Crippen LogP contribution in [0.2, 0.25) is 0 Å². The zero-order valence-corrected chi connectivity index (χ0v) is 10.8. The van der Waals surface area contributed by atoms with Crippen LogP contribution in [0.3, 0.4) is 0 Å². The second kappa shape index (κ2) is 5.76. The van der Waals surface area contributed by atoms with E-state index in [-0.39, 0.29) is 6.10 Å². The van der Waals surface area contributed by atoms with E-state index in [1.807, 2.05) is 18.2 Å². The molecule has 0 radical (unpaired) electrons. The minimum atomic E-state index is 0.278. The van der Waals surface area contributed by atoms with Crippen LogP contribution >= 0.6 is 0 Å².